The van der Waals surface area contributed by atoms with Gasteiger partial charge in [-0.3, -0.25) is 15.2 Å². The molecule has 1 amide bonds. The lowest BCUT2D eigenvalue weighted by atomic mass is 9.97. The van der Waals surface area contributed by atoms with E-state index in [1.807, 2.05) is 35.6 Å². The first-order chi connectivity index (χ1) is 15.1. The number of carbonyl (C=O) groups excluding carboxylic acids is 1. The van der Waals surface area contributed by atoms with Gasteiger partial charge in [-0.1, -0.05) is 25.1 Å². The number of ether oxygens (including phenoxy) is 1. The zero-order valence-corrected chi connectivity index (χ0v) is 19.4. The van der Waals surface area contributed by atoms with Crippen molar-refractivity contribution in [2.45, 2.75) is 32.4 Å². The topological polar surface area (TPSA) is 78.0 Å². The molecule has 168 valence electrons. The third-order valence-electron chi connectivity index (χ3n) is 5.66. The fourth-order valence-corrected chi connectivity index (χ4v) is 4.57. The van der Waals surface area contributed by atoms with E-state index >= 15 is 0 Å². The molecule has 2 aromatic rings. The van der Waals surface area contributed by atoms with Crippen LogP contribution in [0.15, 0.2) is 46.8 Å². The van der Waals surface area contributed by atoms with E-state index in [2.05, 4.69) is 55.0 Å². The van der Waals surface area contributed by atoms with E-state index in [1.54, 1.807) is 7.05 Å². The SMILES string of the molecule is CN=C(NCc1ccc(NC(=O)OC)cc1)NCC(c1cccs1)N1CCC(C)CC1. The van der Waals surface area contributed by atoms with Gasteiger partial charge in [0.1, 0.15) is 0 Å². The minimum atomic E-state index is -0.473. The summed E-state index contributed by atoms with van der Waals surface area (Å²) in [6.07, 6.45) is 2.05. The quantitative estimate of drug-likeness (QED) is 0.444. The predicted octanol–water partition coefficient (Wildman–Crippen LogP) is 4.06. The van der Waals surface area contributed by atoms with Gasteiger partial charge in [0.05, 0.1) is 13.2 Å². The average molecular weight is 444 g/mol. The summed E-state index contributed by atoms with van der Waals surface area (Å²) in [4.78, 5) is 19.7. The van der Waals surface area contributed by atoms with Crippen molar-refractivity contribution in [3.05, 3.63) is 52.2 Å². The zero-order valence-electron chi connectivity index (χ0n) is 18.6. The first-order valence-electron chi connectivity index (χ1n) is 10.7. The molecule has 0 spiro atoms. The fraction of sp³-hybridized carbons (Fsp3) is 0.478. The second-order valence-corrected chi connectivity index (χ2v) is 8.85. The number of hydrogen-bond donors (Lipinski definition) is 3. The smallest absolute Gasteiger partial charge is 0.411 e. The van der Waals surface area contributed by atoms with Crippen LogP contribution < -0.4 is 16.0 Å². The van der Waals surface area contributed by atoms with Gasteiger partial charge in [-0.2, -0.15) is 0 Å². The largest absolute Gasteiger partial charge is 0.453 e. The van der Waals surface area contributed by atoms with Crippen LogP contribution in [0.1, 0.15) is 36.2 Å². The number of piperidine rings is 1. The highest BCUT2D eigenvalue weighted by Gasteiger charge is 2.25. The van der Waals surface area contributed by atoms with Crippen LogP contribution in [0, 0.1) is 5.92 Å². The van der Waals surface area contributed by atoms with Crippen LogP contribution in [0.25, 0.3) is 0 Å². The Morgan fingerprint density at radius 2 is 1.97 bits per heavy atom. The molecule has 1 aliphatic rings. The van der Waals surface area contributed by atoms with Crippen LogP contribution in [0.2, 0.25) is 0 Å². The van der Waals surface area contributed by atoms with Crippen LogP contribution >= 0.6 is 11.3 Å². The summed E-state index contributed by atoms with van der Waals surface area (Å²) in [5, 5.41) is 11.7. The van der Waals surface area contributed by atoms with Crippen molar-refractivity contribution in [2.24, 2.45) is 10.9 Å². The highest BCUT2D eigenvalue weighted by atomic mass is 32.1. The van der Waals surface area contributed by atoms with Crippen molar-refractivity contribution in [1.82, 2.24) is 15.5 Å². The molecule has 1 aliphatic heterocycles. The number of amides is 1. The molecule has 8 heteroatoms. The lowest BCUT2D eigenvalue weighted by Gasteiger charge is -2.36. The number of hydrogen-bond acceptors (Lipinski definition) is 5. The molecule has 0 radical (unpaired) electrons. The number of thiophene rings is 1. The molecule has 0 bridgehead atoms. The Balaban J connectivity index is 1.53. The van der Waals surface area contributed by atoms with Gasteiger partial charge in [-0.25, -0.2) is 4.79 Å². The van der Waals surface area contributed by atoms with E-state index in [9.17, 15) is 4.79 Å². The Bertz CT molecular complexity index is 830. The number of nitrogens with one attached hydrogen (secondary N) is 3. The third kappa shape index (κ3) is 6.97. The highest BCUT2D eigenvalue weighted by Crippen LogP contribution is 2.29. The summed E-state index contributed by atoms with van der Waals surface area (Å²) >= 11 is 1.82. The molecule has 1 saturated heterocycles. The average Bonchev–Trinajstić information content (AvgIpc) is 3.32. The predicted molar refractivity (Wildman–Crippen MR) is 128 cm³/mol. The molecular weight excluding hydrogens is 410 g/mol. The van der Waals surface area contributed by atoms with Crippen LogP contribution in [0.3, 0.4) is 0 Å². The van der Waals surface area contributed by atoms with Gasteiger partial charge in [0, 0.05) is 30.7 Å². The van der Waals surface area contributed by atoms with E-state index in [0.29, 0.717) is 18.3 Å². The molecule has 0 saturated carbocycles. The normalized spacial score (nSPS) is 16.5. The van der Waals surface area contributed by atoms with E-state index in [0.717, 1.165) is 37.1 Å². The number of nitrogens with zero attached hydrogens (tertiary/aromatic N) is 2. The summed E-state index contributed by atoms with van der Waals surface area (Å²) in [5.74, 6) is 1.60. The van der Waals surface area contributed by atoms with Crippen LogP contribution in [-0.4, -0.2) is 50.7 Å². The van der Waals surface area contributed by atoms with E-state index < -0.39 is 6.09 Å². The number of aliphatic imine (C=N–C) groups is 1. The number of likely N-dealkylation sites (tertiary alicyclic amines) is 1. The molecule has 1 fully saturated rings. The number of carbonyl (C=O) groups is 1. The van der Waals surface area contributed by atoms with Gasteiger partial charge in [-0.05, 0) is 61.0 Å². The molecule has 1 aromatic carbocycles. The van der Waals surface area contributed by atoms with Gasteiger partial charge in [-0.15, -0.1) is 11.3 Å². The molecule has 0 aliphatic carbocycles. The van der Waals surface area contributed by atoms with E-state index in [1.165, 1.54) is 24.8 Å². The maximum Gasteiger partial charge on any atom is 0.411 e. The van der Waals surface area contributed by atoms with E-state index in [-0.39, 0.29) is 0 Å². The lowest BCUT2D eigenvalue weighted by Crippen LogP contribution is -2.44. The maximum absolute atomic E-state index is 11.3. The molecular formula is C23H33N5O2S. The molecule has 3 rings (SSSR count). The highest BCUT2D eigenvalue weighted by molar-refractivity contribution is 7.10. The number of anilines is 1. The van der Waals surface area contributed by atoms with Crippen LogP contribution in [0.4, 0.5) is 10.5 Å². The minimum absolute atomic E-state index is 0.356. The molecule has 3 N–H and O–H groups in total. The Hall–Kier alpha value is -2.58. The summed E-state index contributed by atoms with van der Waals surface area (Å²) in [5.41, 5.74) is 1.80. The van der Waals surface area contributed by atoms with Crippen LogP contribution in [-0.2, 0) is 11.3 Å². The minimum Gasteiger partial charge on any atom is -0.453 e. The van der Waals surface area contributed by atoms with E-state index in [4.69, 9.17) is 0 Å². The molecule has 1 aromatic heterocycles. The second-order valence-electron chi connectivity index (χ2n) is 7.87. The molecule has 2 heterocycles. The van der Waals surface area contributed by atoms with Crippen LogP contribution in [0.5, 0.6) is 0 Å². The summed E-state index contributed by atoms with van der Waals surface area (Å²) in [7, 11) is 3.14. The number of benzene rings is 1. The third-order valence-corrected chi connectivity index (χ3v) is 6.64. The molecule has 1 atom stereocenters. The van der Waals surface area contributed by atoms with Gasteiger partial charge in [0.2, 0.25) is 0 Å². The van der Waals surface area contributed by atoms with Crippen molar-refractivity contribution in [3.63, 3.8) is 0 Å². The molecule has 31 heavy (non-hydrogen) atoms. The van der Waals surface area contributed by atoms with Crippen molar-refractivity contribution >= 4 is 29.1 Å². The zero-order chi connectivity index (χ0) is 22.1. The Morgan fingerprint density at radius 3 is 2.58 bits per heavy atom. The molecule has 7 nitrogen and oxygen atoms in total. The first kappa shape index (κ1) is 23.1. The van der Waals surface area contributed by atoms with Gasteiger partial charge in [0.25, 0.3) is 0 Å². The maximum atomic E-state index is 11.3. The number of guanidine groups is 1. The van der Waals surface area contributed by atoms with Gasteiger partial charge in [0.15, 0.2) is 5.96 Å². The van der Waals surface area contributed by atoms with Crippen molar-refractivity contribution in [2.75, 3.05) is 39.1 Å². The second kappa shape index (κ2) is 11.7. The van der Waals surface area contributed by atoms with Crippen molar-refractivity contribution in [1.29, 1.82) is 0 Å². The Labute approximate surface area is 188 Å². The summed E-state index contributed by atoms with van der Waals surface area (Å²) in [6.45, 7) is 6.09. The standard InChI is InChI=1S/C23H33N5O2S/c1-17-10-12-28(13-11-17)20(21-5-4-14-31-21)16-26-22(24-2)25-15-18-6-8-19(9-7-18)27-23(29)30-3/h4-9,14,17,20H,10-13,15-16H2,1-3H3,(H,27,29)(H2,24,25,26). The summed E-state index contributed by atoms with van der Waals surface area (Å²) in [6, 6.07) is 12.4. The Morgan fingerprint density at radius 1 is 1.23 bits per heavy atom. The Kier molecular flexibility index (Phi) is 8.73. The molecule has 1 unspecified atom stereocenters. The van der Waals surface area contributed by atoms with Gasteiger partial charge < -0.3 is 15.4 Å². The van der Waals surface area contributed by atoms with Gasteiger partial charge >= 0.3 is 6.09 Å². The summed E-state index contributed by atoms with van der Waals surface area (Å²) < 4.78 is 4.61. The fourth-order valence-electron chi connectivity index (χ4n) is 3.71. The van der Waals surface area contributed by atoms with Crippen molar-refractivity contribution in [3.8, 4) is 0 Å². The number of rotatable bonds is 7. The lowest BCUT2D eigenvalue weighted by molar-refractivity contribution is 0.140. The van der Waals surface area contributed by atoms with Crippen molar-refractivity contribution < 1.29 is 9.53 Å². The number of methoxy groups -OCH3 is 1. The monoisotopic (exact) mass is 443 g/mol. The first-order valence-corrected chi connectivity index (χ1v) is 11.6.